The number of nitrogens with zero attached hydrogens (tertiary/aromatic N) is 5. The van der Waals surface area contributed by atoms with E-state index in [4.69, 9.17) is 5.53 Å². The zero-order chi connectivity index (χ0) is 5.98. The molecule has 0 aromatic rings. The fourth-order valence-electron chi connectivity index (χ4n) is 0.349. The molecule has 8 heavy (non-hydrogen) atoms. The van der Waals surface area contributed by atoms with E-state index >= 15 is 0 Å². The van der Waals surface area contributed by atoms with Crippen LogP contribution in [0.1, 0.15) is 6.92 Å². The summed E-state index contributed by atoms with van der Waals surface area (Å²) >= 11 is 0. The van der Waals surface area contributed by atoms with Crippen molar-refractivity contribution in [1.82, 2.24) is 0 Å². The second kappa shape index (κ2) is 1.63. The summed E-state index contributed by atoms with van der Waals surface area (Å²) in [6, 6.07) is 0. The Morgan fingerprint density at radius 1 is 1.50 bits per heavy atom. The molecule has 5 heteroatoms. The van der Waals surface area contributed by atoms with Gasteiger partial charge in [0.25, 0.3) is 0 Å². The van der Waals surface area contributed by atoms with Crippen LogP contribution in [0.4, 0.5) is 0 Å². The highest BCUT2D eigenvalue weighted by atomic mass is 15.3. The summed E-state index contributed by atoms with van der Waals surface area (Å²) in [5.41, 5.74) is 8.01. The molecule has 40 valence electrons. The maximum atomic E-state index is 8.01. The first-order chi connectivity index (χ1) is 3.83. The third-order valence-corrected chi connectivity index (χ3v) is 0.635. The van der Waals surface area contributed by atoms with Crippen LogP contribution in [0.5, 0.6) is 0 Å². The molecule has 1 rings (SSSR count). The SMILES string of the molecule is CC1=NC(=[N+]=[N-])N=N1. The summed E-state index contributed by atoms with van der Waals surface area (Å²) in [6.07, 6.45) is 0. The minimum absolute atomic E-state index is 0.0162. The molecule has 0 amide bonds. The first-order valence-corrected chi connectivity index (χ1v) is 2.02. The van der Waals surface area contributed by atoms with Crippen LogP contribution >= 0.6 is 0 Å². The molecule has 0 fully saturated rings. The van der Waals surface area contributed by atoms with Crippen molar-refractivity contribution in [2.75, 3.05) is 0 Å². The Hall–Kier alpha value is -1.35. The van der Waals surface area contributed by atoms with Gasteiger partial charge in [-0.3, -0.25) is 0 Å². The van der Waals surface area contributed by atoms with Crippen LogP contribution in [0.25, 0.3) is 5.53 Å². The van der Waals surface area contributed by atoms with E-state index in [2.05, 4.69) is 20.0 Å². The Balaban J connectivity index is 3.01. The number of hydrogen-bond donors (Lipinski definition) is 0. The Labute approximate surface area is 45.4 Å². The maximum absolute atomic E-state index is 8.01. The summed E-state index contributed by atoms with van der Waals surface area (Å²) in [4.78, 5) is 6.30. The van der Waals surface area contributed by atoms with E-state index in [9.17, 15) is 0 Å². The van der Waals surface area contributed by atoms with Gasteiger partial charge >= 0.3 is 5.96 Å². The van der Waals surface area contributed by atoms with Gasteiger partial charge < -0.3 is 10.3 Å². The van der Waals surface area contributed by atoms with Gasteiger partial charge in [-0.2, -0.15) is 0 Å². The van der Waals surface area contributed by atoms with Gasteiger partial charge in [0.05, 0.1) is 5.11 Å². The van der Waals surface area contributed by atoms with E-state index in [0.717, 1.165) is 0 Å². The highest BCUT2D eigenvalue weighted by molar-refractivity contribution is 5.97. The first kappa shape index (κ1) is 4.80. The van der Waals surface area contributed by atoms with Gasteiger partial charge in [-0.15, -0.1) is 0 Å². The van der Waals surface area contributed by atoms with Gasteiger partial charge in [-0.25, -0.2) is 0 Å². The Kier molecular flexibility index (Phi) is 0.980. The lowest BCUT2D eigenvalue weighted by atomic mass is 10.7. The number of amidine groups is 1. The fraction of sp³-hybridized carbons (Fsp3) is 0.333. The average Bonchev–Trinajstić information content (AvgIpc) is 2.14. The van der Waals surface area contributed by atoms with Crippen LogP contribution < -0.4 is 0 Å². The normalized spacial score (nSPS) is 16.1. The highest BCUT2D eigenvalue weighted by Gasteiger charge is 2.14. The molecule has 5 nitrogen and oxygen atoms in total. The van der Waals surface area contributed by atoms with Crippen molar-refractivity contribution < 1.29 is 4.79 Å². The second-order valence-corrected chi connectivity index (χ2v) is 1.26. The largest absolute Gasteiger partial charge is 0.542 e. The van der Waals surface area contributed by atoms with Gasteiger partial charge in [-0.05, 0) is 10.1 Å². The van der Waals surface area contributed by atoms with Crippen molar-refractivity contribution in [1.29, 1.82) is 0 Å². The van der Waals surface area contributed by atoms with E-state index in [0.29, 0.717) is 5.84 Å². The molecule has 0 aromatic heterocycles. The summed E-state index contributed by atoms with van der Waals surface area (Å²) in [5, 5.41) is 6.83. The summed E-state index contributed by atoms with van der Waals surface area (Å²) in [5.74, 6) is 0.528. The molecular weight excluding hydrogens is 106 g/mol. The number of hydrogen-bond acceptors (Lipinski definition) is 1. The molecule has 0 spiro atoms. The number of aliphatic imine (C=N–C) groups is 1. The maximum Gasteiger partial charge on any atom is 0.530 e. The molecule has 0 unspecified atom stereocenters. The number of guanidine groups is 1. The minimum atomic E-state index is 0.0162. The second-order valence-electron chi connectivity index (χ2n) is 1.26. The van der Waals surface area contributed by atoms with E-state index in [-0.39, 0.29) is 5.96 Å². The third-order valence-electron chi connectivity index (χ3n) is 0.635. The molecule has 0 saturated heterocycles. The van der Waals surface area contributed by atoms with Crippen LogP contribution in [0.15, 0.2) is 15.2 Å². The lowest BCUT2D eigenvalue weighted by Gasteiger charge is -1.60. The number of azo groups is 1. The Bertz CT molecular complexity index is 206. The minimum Gasteiger partial charge on any atom is -0.542 e. The van der Waals surface area contributed by atoms with Crippen molar-refractivity contribution in [2.45, 2.75) is 6.92 Å². The van der Waals surface area contributed by atoms with E-state index in [1.165, 1.54) is 0 Å². The van der Waals surface area contributed by atoms with Gasteiger partial charge in [0, 0.05) is 6.92 Å². The topological polar surface area (TPSA) is 73.5 Å². The molecular formula is C3H3N5. The van der Waals surface area contributed by atoms with E-state index < -0.39 is 0 Å². The Morgan fingerprint density at radius 3 is 2.50 bits per heavy atom. The molecule has 1 aliphatic heterocycles. The van der Waals surface area contributed by atoms with Crippen LogP contribution in [-0.2, 0) is 0 Å². The quantitative estimate of drug-likeness (QED) is 0.320. The third kappa shape index (κ3) is 0.665. The molecule has 0 aliphatic carbocycles. The lowest BCUT2D eigenvalue weighted by molar-refractivity contribution is -0.00828. The molecule has 1 heterocycles. The van der Waals surface area contributed by atoms with Crippen LogP contribution in [0.3, 0.4) is 0 Å². The molecule has 0 aromatic carbocycles. The molecule has 1 aliphatic rings. The molecule has 0 bridgehead atoms. The average molecular weight is 109 g/mol. The van der Waals surface area contributed by atoms with E-state index in [1.807, 2.05) is 0 Å². The summed E-state index contributed by atoms with van der Waals surface area (Å²) in [7, 11) is 0. The van der Waals surface area contributed by atoms with Crippen molar-refractivity contribution in [3.8, 4) is 0 Å². The Morgan fingerprint density at radius 2 is 2.25 bits per heavy atom. The molecule has 0 saturated carbocycles. The fourth-order valence-corrected chi connectivity index (χ4v) is 0.349. The monoisotopic (exact) mass is 109 g/mol. The van der Waals surface area contributed by atoms with E-state index in [1.54, 1.807) is 6.92 Å². The molecule has 0 N–H and O–H groups in total. The van der Waals surface area contributed by atoms with Crippen LogP contribution in [0, 0.1) is 0 Å². The number of rotatable bonds is 0. The first-order valence-electron chi connectivity index (χ1n) is 2.02. The summed E-state index contributed by atoms with van der Waals surface area (Å²) < 4.78 is 0. The van der Waals surface area contributed by atoms with Crippen molar-refractivity contribution in [3.05, 3.63) is 5.53 Å². The highest BCUT2D eigenvalue weighted by Crippen LogP contribution is 1.93. The molecule has 0 atom stereocenters. The van der Waals surface area contributed by atoms with Crippen LogP contribution in [0.2, 0.25) is 0 Å². The predicted molar refractivity (Wildman–Crippen MR) is 26.6 cm³/mol. The zero-order valence-electron chi connectivity index (χ0n) is 4.24. The van der Waals surface area contributed by atoms with Crippen LogP contribution in [-0.4, -0.2) is 16.6 Å². The molecule has 0 radical (unpaired) electrons. The van der Waals surface area contributed by atoms with Gasteiger partial charge in [0.15, 0.2) is 0 Å². The van der Waals surface area contributed by atoms with Gasteiger partial charge in [0.2, 0.25) is 5.84 Å². The lowest BCUT2D eigenvalue weighted by Crippen LogP contribution is -1.83. The van der Waals surface area contributed by atoms with Gasteiger partial charge in [0.1, 0.15) is 0 Å². The van der Waals surface area contributed by atoms with Crippen molar-refractivity contribution in [3.63, 3.8) is 0 Å². The van der Waals surface area contributed by atoms with Crippen molar-refractivity contribution in [2.24, 2.45) is 15.2 Å². The zero-order valence-corrected chi connectivity index (χ0v) is 4.24. The summed E-state index contributed by atoms with van der Waals surface area (Å²) in [6.45, 7) is 1.67. The smallest absolute Gasteiger partial charge is 0.530 e. The van der Waals surface area contributed by atoms with Crippen molar-refractivity contribution >= 4 is 11.8 Å². The standard InChI is InChI=1S/C3H3N5/c1-2-5-3(6-4)8-7-2/h1H3. The van der Waals surface area contributed by atoms with Gasteiger partial charge in [-0.1, -0.05) is 0 Å². The predicted octanol–water partition coefficient (Wildman–Crippen LogP) is 0.456.